The van der Waals surface area contributed by atoms with Crippen molar-refractivity contribution in [2.45, 2.75) is 39.2 Å². The average Bonchev–Trinajstić information content (AvgIpc) is 2.55. The van der Waals surface area contributed by atoms with Crippen LogP contribution < -0.4 is 5.32 Å². The maximum absolute atomic E-state index is 4.32. The minimum Gasteiger partial charge on any atom is -0.316 e. The number of nitrogens with one attached hydrogen (secondary N) is 1. The Morgan fingerprint density at radius 1 is 1.38 bits per heavy atom. The molecule has 16 heavy (non-hydrogen) atoms. The number of hydrogen-bond acceptors (Lipinski definition) is 3. The van der Waals surface area contributed by atoms with Crippen LogP contribution in [0.3, 0.4) is 0 Å². The molecular formula is C12H20N4. The molecule has 2 heterocycles. The summed E-state index contributed by atoms with van der Waals surface area (Å²) in [7, 11) is 0. The van der Waals surface area contributed by atoms with Gasteiger partial charge in [-0.25, -0.2) is 9.67 Å². The molecule has 0 saturated carbocycles. The van der Waals surface area contributed by atoms with Crippen LogP contribution in [-0.4, -0.2) is 27.9 Å². The Morgan fingerprint density at radius 3 is 3.06 bits per heavy atom. The zero-order chi connectivity index (χ0) is 11.4. The Balaban J connectivity index is 2.17. The molecule has 1 aliphatic rings. The maximum atomic E-state index is 4.32. The third-order valence-corrected chi connectivity index (χ3v) is 2.90. The molecule has 4 nitrogen and oxygen atoms in total. The number of hydrogen-bond donors (Lipinski definition) is 1. The van der Waals surface area contributed by atoms with Crippen LogP contribution in [0.2, 0.25) is 0 Å². The van der Waals surface area contributed by atoms with Gasteiger partial charge in [0, 0.05) is 6.04 Å². The highest BCUT2D eigenvalue weighted by atomic mass is 15.3. The first-order chi connectivity index (χ1) is 7.77. The summed E-state index contributed by atoms with van der Waals surface area (Å²) in [5.74, 6) is 0.993. The molecule has 1 fully saturated rings. The van der Waals surface area contributed by atoms with Crippen molar-refractivity contribution in [1.29, 1.82) is 0 Å². The van der Waals surface area contributed by atoms with Crippen LogP contribution >= 0.6 is 0 Å². The van der Waals surface area contributed by atoms with Gasteiger partial charge >= 0.3 is 0 Å². The molecule has 1 aromatic rings. The molecule has 2 rings (SSSR count). The first-order valence-electron chi connectivity index (χ1n) is 6.07. The normalized spacial score (nSPS) is 20.3. The lowest BCUT2D eigenvalue weighted by atomic mass is 10.1. The van der Waals surface area contributed by atoms with Gasteiger partial charge in [0.15, 0.2) is 5.82 Å². The van der Waals surface area contributed by atoms with Gasteiger partial charge in [0.2, 0.25) is 0 Å². The van der Waals surface area contributed by atoms with E-state index in [1.807, 2.05) is 4.68 Å². The van der Waals surface area contributed by atoms with E-state index >= 15 is 0 Å². The van der Waals surface area contributed by atoms with E-state index in [-0.39, 0.29) is 0 Å². The second-order valence-corrected chi connectivity index (χ2v) is 4.56. The van der Waals surface area contributed by atoms with Crippen LogP contribution in [0.4, 0.5) is 0 Å². The highest BCUT2D eigenvalue weighted by molar-refractivity contribution is 5.45. The van der Waals surface area contributed by atoms with Crippen LogP contribution in [0.15, 0.2) is 11.9 Å². The van der Waals surface area contributed by atoms with Crippen molar-refractivity contribution < 1.29 is 0 Å². The third-order valence-electron chi connectivity index (χ3n) is 2.90. The average molecular weight is 220 g/mol. The molecule has 0 unspecified atom stereocenters. The zero-order valence-electron chi connectivity index (χ0n) is 10.1. The standard InChI is InChI=1S/C12H20N4/c1-10(2)16-12(14-9-15-16)8-11-4-3-6-13-7-5-11/h8-10,13H,3-7H2,1-2H3/b11-8-. The van der Waals surface area contributed by atoms with Gasteiger partial charge in [-0.3, -0.25) is 0 Å². The first kappa shape index (κ1) is 11.3. The fourth-order valence-electron chi connectivity index (χ4n) is 2.03. The van der Waals surface area contributed by atoms with Gasteiger partial charge in [-0.05, 0) is 52.3 Å². The van der Waals surface area contributed by atoms with E-state index in [9.17, 15) is 0 Å². The molecular weight excluding hydrogens is 200 g/mol. The van der Waals surface area contributed by atoms with Crippen LogP contribution in [0.25, 0.3) is 6.08 Å². The van der Waals surface area contributed by atoms with Crippen LogP contribution in [-0.2, 0) is 0 Å². The first-order valence-corrected chi connectivity index (χ1v) is 6.07. The van der Waals surface area contributed by atoms with Crippen molar-refractivity contribution in [3.63, 3.8) is 0 Å². The topological polar surface area (TPSA) is 42.7 Å². The number of aromatic nitrogens is 3. The van der Waals surface area contributed by atoms with E-state index in [0.717, 1.165) is 25.3 Å². The molecule has 0 atom stereocenters. The van der Waals surface area contributed by atoms with E-state index in [1.165, 1.54) is 18.4 Å². The molecule has 4 heteroatoms. The summed E-state index contributed by atoms with van der Waals surface area (Å²) in [5, 5.41) is 7.66. The molecule has 1 aromatic heterocycles. The second kappa shape index (κ2) is 5.25. The molecule has 0 aromatic carbocycles. The van der Waals surface area contributed by atoms with E-state index in [2.05, 4.69) is 35.3 Å². The predicted molar refractivity (Wildman–Crippen MR) is 65.1 cm³/mol. The third kappa shape index (κ3) is 2.70. The van der Waals surface area contributed by atoms with Gasteiger partial charge in [-0.15, -0.1) is 0 Å². The van der Waals surface area contributed by atoms with Crippen LogP contribution in [0.1, 0.15) is 45.0 Å². The second-order valence-electron chi connectivity index (χ2n) is 4.56. The molecule has 1 saturated heterocycles. The monoisotopic (exact) mass is 220 g/mol. The van der Waals surface area contributed by atoms with E-state index in [4.69, 9.17) is 0 Å². The summed E-state index contributed by atoms with van der Waals surface area (Å²) in [5.41, 5.74) is 1.49. The van der Waals surface area contributed by atoms with Gasteiger partial charge in [0.1, 0.15) is 6.33 Å². The maximum Gasteiger partial charge on any atom is 0.150 e. The van der Waals surface area contributed by atoms with Gasteiger partial charge in [0.05, 0.1) is 0 Å². The molecule has 88 valence electrons. The molecule has 0 amide bonds. The van der Waals surface area contributed by atoms with Crippen LogP contribution in [0, 0.1) is 0 Å². The summed E-state index contributed by atoms with van der Waals surface area (Å²) >= 11 is 0. The Bertz CT molecular complexity index is 355. The Hall–Kier alpha value is -1.16. The molecule has 0 radical (unpaired) electrons. The molecule has 0 spiro atoms. The quantitative estimate of drug-likeness (QED) is 0.829. The Labute approximate surface area is 96.8 Å². The van der Waals surface area contributed by atoms with E-state index in [1.54, 1.807) is 6.33 Å². The van der Waals surface area contributed by atoms with E-state index < -0.39 is 0 Å². The predicted octanol–water partition coefficient (Wildman–Crippen LogP) is 2.02. The van der Waals surface area contributed by atoms with Crippen molar-refractivity contribution in [2.24, 2.45) is 0 Å². The SMILES string of the molecule is CC(C)n1ncnc1/C=C1/CCCNCC1. The molecule has 1 N–H and O–H groups in total. The summed E-state index contributed by atoms with van der Waals surface area (Å²) in [6.07, 6.45) is 7.38. The summed E-state index contributed by atoms with van der Waals surface area (Å²) in [4.78, 5) is 4.32. The van der Waals surface area contributed by atoms with E-state index in [0.29, 0.717) is 6.04 Å². The Kier molecular flexibility index (Phi) is 3.72. The van der Waals surface area contributed by atoms with Crippen molar-refractivity contribution in [3.05, 3.63) is 17.7 Å². The fraction of sp³-hybridized carbons (Fsp3) is 0.667. The Morgan fingerprint density at radius 2 is 2.25 bits per heavy atom. The molecule has 1 aliphatic heterocycles. The minimum atomic E-state index is 0.373. The molecule has 0 aliphatic carbocycles. The fourth-order valence-corrected chi connectivity index (χ4v) is 2.03. The smallest absolute Gasteiger partial charge is 0.150 e. The van der Waals surface area contributed by atoms with Gasteiger partial charge in [0.25, 0.3) is 0 Å². The van der Waals surface area contributed by atoms with Crippen molar-refractivity contribution in [3.8, 4) is 0 Å². The molecule has 0 bridgehead atoms. The van der Waals surface area contributed by atoms with Crippen LogP contribution in [0.5, 0.6) is 0 Å². The van der Waals surface area contributed by atoms with Crippen molar-refractivity contribution >= 4 is 6.08 Å². The number of nitrogens with zero attached hydrogens (tertiary/aromatic N) is 3. The summed E-state index contributed by atoms with van der Waals surface area (Å²) < 4.78 is 1.98. The largest absolute Gasteiger partial charge is 0.316 e. The van der Waals surface area contributed by atoms with Gasteiger partial charge < -0.3 is 5.32 Å². The lowest BCUT2D eigenvalue weighted by Crippen LogP contribution is -2.13. The van der Waals surface area contributed by atoms with Crippen molar-refractivity contribution in [2.75, 3.05) is 13.1 Å². The van der Waals surface area contributed by atoms with Gasteiger partial charge in [-0.1, -0.05) is 5.57 Å². The highest BCUT2D eigenvalue weighted by Gasteiger charge is 2.08. The zero-order valence-corrected chi connectivity index (χ0v) is 10.1. The highest BCUT2D eigenvalue weighted by Crippen LogP contribution is 2.16. The summed E-state index contributed by atoms with van der Waals surface area (Å²) in [6, 6.07) is 0.373. The van der Waals surface area contributed by atoms with Gasteiger partial charge in [-0.2, -0.15) is 5.10 Å². The van der Waals surface area contributed by atoms with Crippen molar-refractivity contribution in [1.82, 2.24) is 20.1 Å². The lowest BCUT2D eigenvalue weighted by molar-refractivity contribution is 0.526. The number of rotatable bonds is 2. The lowest BCUT2D eigenvalue weighted by Gasteiger charge is -2.08. The minimum absolute atomic E-state index is 0.373. The summed E-state index contributed by atoms with van der Waals surface area (Å²) in [6.45, 7) is 6.48.